The number of hydrogen-bond donors (Lipinski definition) is 1. The molecule has 0 aliphatic carbocycles. The minimum Gasteiger partial charge on any atom is -0.314 e. The van der Waals surface area contributed by atoms with Crippen molar-refractivity contribution in [3.05, 3.63) is 68.9 Å². The van der Waals surface area contributed by atoms with Crippen LogP contribution in [0.15, 0.2) is 46.9 Å². The van der Waals surface area contributed by atoms with Gasteiger partial charge in [0.1, 0.15) is 5.82 Å². The summed E-state index contributed by atoms with van der Waals surface area (Å²) in [5.41, 5.74) is 2.07. The van der Waals surface area contributed by atoms with Crippen molar-refractivity contribution < 1.29 is 4.39 Å². The SMILES string of the molecule is CCNC(Cc1ccccc1Cl)Cc1cccc(F)c1Br. The molecule has 1 nitrogen and oxygen atoms in total. The van der Waals surface area contributed by atoms with Crippen molar-refractivity contribution in [2.24, 2.45) is 0 Å². The highest BCUT2D eigenvalue weighted by Crippen LogP contribution is 2.23. The van der Waals surface area contributed by atoms with Gasteiger partial charge in [0.15, 0.2) is 0 Å². The monoisotopic (exact) mass is 369 g/mol. The quantitative estimate of drug-likeness (QED) is 0.754. The first-order valence-electron chi connectivity index (χ1n) is 7.01. The Morgan fingerprint density at radius 1 is 1.10 bits per heavy atom. The second-order valence-electron chi connectivity index (χ2n) is 4.97. The second kappa shape index (κ2) is 7.92. The van der Waals surface area contributed by atoms with Crippen molar-refractivity contribution in [1.29, 1.82) is 0 Å². The Kier molecular flexibility index (Phi) is 6.22. The van der Waals surface area contributed by atoms with Crippen molar-refractivity contribution in [3.63, 3.8) is 0 Å². The zero-order valence-corrected chi connectivity index (χ0v) is 14.2. The first kappa shape index (κ1) is 16.5. The molecule has 0 fully saturated rings. The standard InChI is InChI=1S/C17H18BrClFN/c1-2-21-14(10-12-6-3-4-8-15(12)19)11-13-7-5-9-16(20)17(13)18/h3-9,14,21H,2,10-11H2,1H3. The van der Waals surface area contributed by atoms with Crippen LogP contribution in [0.25, 0.3) is 0 Å². The van der Waals surface area contributed by atoms with Crippen LogP contribution in [-0.4, -0.2) is 12.6 Å². The zero-order valence-electron chi connectivity index (χ0n) is 11.9. The summed E-state index contributed by atoms with van der Waals surface area (Å²) in [5.74, 6) is -0.222. The highest BCUT2D eigenvalue weighted by Gasteiger charge is 2.14. The molecule has 0 aromatic heterocycles. The summed E-state index contributed by atoms with van der Waals surface area (Å²) in [4.78, 5) is 0. The molecule has 0 saturated carbocycles. The molecule has 4 heteroatoms. The van der Waals surface area contributed by atoms with E-state index < -0.39 is 0 Å². The summed E-state index contributed by atoms with van der Waals surface area (Å²) < 4.78 is 14.2. The molecule has 0 aliphatic heterocycles. The first-order valence-corrected chi connectivity index (χ1v) is 8.18. The van der Waals surface area contributed by atoms with Gasteiger partial charge < -0.3 is 5.32 Å². The average Bonchev–Trinajstić information content (AvgIpc) is 2.46. The molecule has 1 atom stereocenters. The number of benzene rings is 2. The van der Waals surface area contributed by atoms with Gasteiger partial charge in [0.25, 0.3) is 0 Å². The highest BCUT2D eigenvalue weighted by atomic mass is 79.9. The molecule has 1 N–H and O–H groups in total. The number of nitrogens with one attached hydrogen (secondary N) is 1. The lowest BCUT2D eigenvalue weighted by atomic mass is 9.99. The predicted octanol–water partition coefficient (Wildman–Crippen LogP) is 5.00. The molecule has 112 valence electrons. The van der Waals surface area contributed by atoms with Gasteiger partial charge in [-0.25, -0.2) is 4.39 Å². The van der Waals surface area contributed by atoms with Crippen LogP contribution in [0.2, 0.25) is 5.02 Å². The topological polar surface area (TPSA) is 12.0 Å². The van der Waals surface area contributed by atoms with Crippen molar-refractivity contribution >= 4 is 27.5 Å². The molecule has 1 unspecified atom stereocenters. The van der Waals surface area contributed by atoms with Crippen molar-refractivity contribution in [2.45, 2.75) is 25.8 Å². The number of halogens is 3. The highest BCUT2D eigenvalue weighted by molar-refractivity contribution is 9.10. The largest absolute Gasteiger partial charge is 0.314 e. The first-order chi connectivity index (χ1) is 10.1. The molecule has 0 spiro atoms. The molecule has 2 aromatic carbocycles. The Morgan fingerprint density at radius 2 is 1.76 bits per heavy atom. The predicted molar refractivity (Wildman–Crippen MR) is 90.4 cm³/mol. The van der Waals surface area contributed by atoms with Gasteiger partial charge in [0, 0.05) is 11.1 Å². The fourth-order valence-electron chi connectivity index (χ4n) is 2.41. The Morgan fingerprint density at radius 3 is 2.48 bits per heavy atom. The molecule has 2 aromatic rings. The smallest absolute Gasteiger partial charge is 0.137 e. The molecule has 0 bridgehead atoms. The van der Waals surface area contributed by atoms with Crippen LogP contribution in [0.4, 0.5) is 4.39 Å². The third kappa shape index (κ3) is 4.53. The summed E-state index contributed by atoms with van der Waals surface area (Å²) >= 11 is 9.56. The zero-order chi connectivity index (χ0) is 15.2. The molecule has 0 aliphatic rings. The van der Waals surface area contributed by atoms with E-state index in [1.165, 1.54) is 6.07 Å². The lowest BCUT2D eigenvalue weighted by Crippen LogP contribution is -2.33. The van der Waals surface area contributed by atoms with E-state index in [-0.39, 0.29) is 11.9 Å². The summed E-state index contributed by atoms with van der Waals surface area (Å²) in [6.07, 6.45) is 1.56. The van der Waals surface area contributed by atoms with Crippen LogP contribution in [0.3, 0.4) is 0 Å². The number of likely N-dealkylation sites (N-methyl/N-ethyl adjacent to an activating group) is 1. The van der Waals surface area contributed by atoms with E-state index in [0.717, 1.165) is 35.5 Å². The van der Waals surface area contributed by atoms with E-state index in [0.29, 0.717) is 4.47 Å². The van der Waals surface area contributed by atoms with Crippen LogP contribution in [0, 0.1) is 5.82 Å². The third-order valence-electron chi connectivity index (χ3n) is 3.41. The van der Waals surface area contributed by atoms with Gasteiger partial charge in [-0.2, -0.15) is 0 Å². The van der Waals surface area contributed by atoms with Gasteiger partial charge in [-0.15, -0.1) is 0 Å². The maximum atomic E-state index is 13.6. The van der Waals surface area contributed by atoms with Gasteiger partial charge in [0.2, 0.25) is 0 Å². The molecular formula is C17H18BrClFN. The Balaban J connectivity index is 2.16. The van der Waals surface area contributed by atoms with Crippen LogP contribution < -0.4 is 5.32 Å². The Hall–Kier alpha value is -0.900. The van der Waals surface area contributed by atoms with Crippen molar-refractivity contribution in [3.8, 4) is 0 Å². The fourth-order valence-corrected chi connectivity index (χ4v) is 3.05. The second-order valence-corrected chi connectivity index (χ2v) is 6.17. The lowest BCUT2D eigenvalue weighted by Gasteiger charge is -2.19. The van der Waals surface area contributed by atoms with E-state index in [2.05, 4.69) is 28.2 Å². The molecule has 0 heterocycles. The average molecular weight is 371 g/mol. The van der Waals surface area contributed by atoms with Gasteiger partial charge >= 0.3 is 0 Å². The maximum absolute atomic E-state index is 13.6. The van der Waals surface area contributed by atoms with Gasteiger partial charge in [-0.3, -0.25) is 0 Å². The van der Waals surface area contributed by atoms with E-state index in [9.17, 15) is 4.39 Å². The summed E-state index contributed by atoms with van der Waals surface area (Å²) in [5, 5.41) is 4.23. The molecule has 0 saturated heterocycles. The van der Waals surface area contributed by atoms with Crippen molar-refractivity contribution in [2.75, 3.05) is 6.54 Å². The summed E-state index contributed by atoms with van der Waals surface area (Å²) in [6.45, 7) is 2.93. The normalized spacial score (nSPS) is 12.4. The minimum atomic E-state index is -0.222. The van der Waals surface area contributed by atoms with Gasteiger partial charge in [0.05, 0.1) is 4.47 Å². The van der Waals surface area contributed by atoms with Crippen LogP contribution in [-0.2, 0) is 12.8 Å². The molecule has 0 amide bonds. The minimum absolute atomic E-state index is 0.216. The van der Waals surface area contributed by atoms with E-state index in [1.807, 2.05) is 30.3 Å². The lowest BCUT2D eigenvalue weighted by molar-refractivity contribution is 0.518. The molecule has 21 heavy (non-hydrogen) atoms. The maximum Gasteiger partial charge on any atom is 0.137 e. The van der Waals surface area contributed by atoms with Crippen LogP contribution in [0.5, 0.6) is 0 Å². The molecular weight excluding hydrogens is 353 g/mol. The molecule has 2 rings (SSSR count). The van der Waals surface area contributed by atoms with E-state index in [1.54, 1.807) is 6.07 Å². The van der Waals surface area contributed by atoms with Gasteiger partial charge in [-0.1, -0.05) is 48.9 Å². The Bertz CT molecular complexity index is 603. The summed E-state index contributed by atoms with van der Waals surface area (Å²) in [6, 6.07) is 13.2. The summed E-state index contributed by atoms with van der Waals surface area (Å²) in [7, 11) is 0. The van der Waals surface area contributed by atoms with E-state index in [4.69, 9.17) is 11.6 Å². The fraction of sp³-hybridized carbons (Fsp3) is 0.294. The van der Waals surface area contributed by atoms with Crippen LogP contribution in [0.1, 0.15) is 18.1 Å². The molecule has 0 radical (unpaired) electrons. The van der Waals surface area contributed by atoms with E-state index >= 15 is 0 Å². The van der Waals surface area contributed by atoms with Gasteiger partial charge in [-0.05, 0) is 58.6 Å². The van der Waals surface area contributed by atoms with Crippen molar-refractivity contribution in [1.82, 2.24) is 5.32 Å². The third-order valence-corrected chi connectivity index (χ3v) is 4.67. The Labute approximate surface area is 138 Å². The number of rotatable bonds is 6. The number of hydrogen-bond acceptors (Lipinski definition) is 1. The van der Waals surface area contributed by atoms with Crippen LogP contribution >= 0.6 is 27.5 Å².